The third kappa shape index (κ3) is 3.01. The Morgan fingerprint density at radius 1 is 0.692 bits per heavy atom. The summed E-state index contributed by atoms with van der Waals surface area (Å²) in [6.07, 6.45) is 1.84. The van der Waals surface area contributed by atoms with E-state index in [1.807, 2.05) is 72.8 Å². The molecular formula is C23H14Cl2O. The van der Waals surface area contributed by atoms with Gasteiger partial charge in [-0.25, -0.2) is 0 Å². The van der Waals surface area contributed by atoms with Crippen LogP contribution in [0.3, 0.4) is 0 Å². The van der Waals surface area contributed by atoms with E-state index in [1.54, 1.807) is 12.1 Å². The highest BCUT2D eigenvalue weighted by Gasteiger charge is 2.35. The Kier molecular flexibility index (Phi) is 4.50. The molecule has 4 rings (SSSR count). The van der Waals surface area contributed by atoms with Crippen molar-refractivity contribution >= 4 is 46.2 Å². The van der Waals surface area contributed by atoms with Crippen molar-refractivity contribution in [3.8, 4) is 0 Å². The van der Waals surface area contributed by atoms with Crippen molar-refractivity contribution in [2.45, 2.75) is 0 Å². The van der Waals surface area contributed by atoms with Crippen LogP contribution in [0.1, 0.15) is 16.7 Å². The number of halogens is 2. The molecule has 0 unspecified atom stereocenters. The second-order valence-corrected chi connectivity index (χ2v) is 6.88. The van der Waals surface area contributed by atoms with Crippen molar-refractivity contribution in [1.29, 1.82) is 0 Å². The van der Waals surface area contributed by atoms with Crippen molar-refractivity contribution in [1.82, 2.24) is 0 Å². The van der Waals surface area contributed by atoms with Crippen LogP contribution in [0.25, 0.3) is 17.2 Å². The van der Waals surface area contributed by atoms with E-state index in [4.69, 9.17) is 23.2 Å². The molecule has 1 aliphatic carbocycles. The van der Waals surface area contributed by atoms with E-state index in [0.717, 1.165) is 27.8 Å². The summed E-state index contributed by atoms with van der Waals surface area (Å²) in [5.74, 6) is 0.0288. The fourth-order valence-electron chi connectivity index (χ4n) is 3.13. The summed E-state index contributed by atoms with van der Waals surface area (Å²) in [7, 11) is 0. The van der Waals surface area contributed by atoms with Gasteiger partial charge in [-0.1, -0.05) is 89.9 Å². The van der Waals surface area contributed by atoms with Crippen molar-refractivity contribution in [3.05, 3.63) is 111 Å². The Balaban J connectivity index is 1.89. The summed E-state index contributed by atoms with van der Waals surface area (Å²) in [5.41, 5.74) is 5.08. The zero-order chi connectivity index (χ0) is 18.1. The number of Topliss-reactive ketones (excluding diaryl/α,β-unsaturated/α-hetero) is 1. The van der Waals surface area contributed by atoms with Gasteiger partial charge in [0.1, 0.15) is 0 Å². The van der Waals surface area contributed by atoms with Crippen molar-refractivity contribution in [3.63, 3.8) is 0 Å². The van der Waals surface area contributed by atoms with Crippen molar-refractivity contribution < 1.29 is 4.79 Å². The molecule has 26 heavy (non-hydrogen) atoms. The lowest BCUT2D eigenvalue weighted by Crippen LogP contribution is -2.20. The third-order valence-corrected chi connectivity index (χ3v) is 4.94. The molecule has 0 N–H and O–H groups in total. The number of ketones is 1. The lowest BCUT2D eigenvalue weighted by molar-refractivity contribution is -0.110. The number of hydrogen-bond acceptors (Lipinski definition) is 1. The minimum Gasteiger partial charge on any atom is -0.289 e. The molecule has 0 aliphatic heterocycles. The first kappa shape index (κ1) is 16.8. The molecule has 0 radical (unpaired) electrons. The first-order valence-electron chi connectivity index (χ1n) is 8.22. The quantitative estimate of drug-likeness (QED) is 0.472. The minimum atomic E-state index is 0.0288. The van der Waals surface area contributed by atoms with Gasteiger partial charge in [-0.3, -0.25) is 4.79 Å². The lowest BCUT2D eigenvalue weighted by atomic mass is 9.74. The number of carbonyl (C=O) groups is 1. The summed E-state index contributed by atoms with van der Waals surface area (Å²) < 4.78 is 0. The Morgan fingerprint density at radius 2 is 1.27 bits per heavy atom. The van der Waals surface area contributed by atoms with Crippen LogP contribution in [0.4, 0.5) is 0 Å². The largest absolute Gasteiger partial charge is 0.289 e. The van der Waals surface area contributed by atoms with Gasteiger partial charge in [0.25, 0.3) is 0 Å². The molecule has 1 nitrogen and oxygen atoms in total. The van der Waals surface area contributed by atoms with Crippen LogP contribution in [0, 0.1) is 0 Å². The molecular weight excluding hydrogens is 363 g/mol. The average Bonchev–Trinajstić information content (AvgIpc) is 2.66. The van der Waals surface area contributed by atoms with Gasteiger partial charge in [0, 0.05) is 26.8 Å². The molecule has 0 atom stereocenters. The number of benzene rings is 3. The maximum atomic E-state index is 12.9. The van der Waals surface area contributed by atoms with Crippen LogP contribution < -0.4 is 0 Å². The number of carbonyl (C=O) groups excluding carboxylic acids is 1. The number of hydrogen-bond donors (Lipinski definition) is 0. The Hall–Kier alpha value is -2.61. The van der Waals surface area contributed by atoms with Gasteiger partial charge in [0.05, 0.1) is 0 Å². The van der Waals surface area contributed by atoms with Gasteiger partial charge in [-0.05, 0) is 34.9 Å². The summed E-state index contributed by atoms with van der Waals surface area (Å²) in [6.45, 7) is 0. The molecule has 126 valence electrons. The molecule has 3 heteroatoms. The second-order valence-electron chi connectivity index (χ2n) is 6.04. The van der Waals surface area contributed by atoms with Gasteiger partial charge in [-0.2, -0.15) is 0 Å². The van der Waals surface area contributed by atoms with E-state index >= 15 is 0 Å². The molecule has 0 aromatic heterocycles. The highest BCUT2D eigenvalue weighted by atomic mass is 35.5. The molecule has 3 aromatic rings. The van der Waals surface area contributed by atoms with Gasteiger partial charge in [0.2, 0.25) is 0 Å². The van der Waals surface area contributed by atoms with Crippen LogP contribution in [0.5, 0.6) is 0 Å². The first-order valence-corrected chi connectivity index (χ1v) is 8.97. The first-order chi connectivity index (χ1) is 12.6. The van der Waals surface area contributed by atoms with Gasteiger partial charge in [0.15, 0.2) is 5.78 Å². The predicted octanol–water partition coefficient (Wildman–Crippen LogP) is 6.57. The number of rotatable bonds is 3. The molecule has 3 aromatic carbocycles. The van der Waals surface area contributed by atoms with E-state index in [1.165, 1.54) is 0 Å². The average molecular weight is 377 g/mol. The summed E-state index contributed by atoms with van der Waals surface area (Å²) in [4.78, 5) is 12.9. The maximum absolute atomic E-state index is 12.9. The maximum Gasteiger partial charge on any atom is 0.194 e. The molecule has 0 heterocycles. The van der Waals surface area contributed by atoms with Gasteiger partial charge >= 0.3 is 0 Å². The highest BCUT2D eigenvalue weighted by molar-refractivity contribution is 6.51. The summed E-state index contributed by atoms with van der Waals surface area (Å²) in [5, 5.41) is 1.10. The third-order valence-electron chi connectivity index (χ3n) is 4.38. The minimum absolute atomic E-state index is 0.0288. The smallest absolute Gasteiger partial charge is 0.194 e. The molecule has 0 fully saturated rings. The molecule has 0 amide bonds. The van der Waals surface area contributed by atoms with Crippen molar-refractivity contribution in [2.75, 3.05) is 0 Å². The Morgan fingerprint density at radius 3 is 1.85 bits per heavy atom. The van der Waals surface area contributed by atoms with Crippen LogP contribution in [0.15, 0.2) is 84.4 Å². The van der Waals surface area contributed by atoms with Crippen LogP contribution in [0.2, 0.25) is 10.0 Å². The van der Waals surface area contributed by atoms with E-state index in [2.05, 4.69) is 0 Å². The normalized spacial score (nSPS) is 15.3. The topological polar surface area (TPSA) is 17.1 Å². The zero-order valence-corrected chi connectivity index (χ0v) is 15.3. The standard InChI is InChI=1S/C23H14Cl2O/c24-18-12-11-17(20(25)14-18)13-19-21(15-7-3-1-4-8-15)22(23(19)26)16-9-5-2-6-10-16/h1-14H. The molecule has 0 spiro atoms. The lowest BCUT2D eigenvalue weighted by Gasteiger charge is -2.27. The van der Waals surface area contributed by atoms with Crippen LogP contribution in [-0.2, 0) is 4.79 Å². The highest BCUT2D eigenvalue weighted by Crippen LogP contribution is 2.45. The Labute approximate surface area is 162 Å². The number of allylic oxidation sites excluding steroid dienone is 3. The molecule has 1 aliphatic rings. The molecule has 0 saturated carbocycles. The van der Waals surface area contributed by atoms with Gasteiger partial charge in [-0.15, -0.1) is 0 Å². The second kappa shape index (κ2) is 6.95. The fourth-order valence-corrected chi connectivity index (χ4v) is 3.59. The van der Waals surface area contributed by atoms with Crippen LogP contribution in [-0.4, -0.2) is 5.78 Å². The summed E-state index contributed by atoms with van der Waals surface area (Å²) >= 11 is 12.3. The van der Waals surface area contributed by atoms with Gasteiger partial charge < -0.3 is 0 Å². The van der Waals surface area contributed by atoms with E-state index in [9.17, 15) is 4.79 Å². The van der Waals surface area contributed by atoms with Crippen molar-refractivity contribution in [2.24, 2.45) is 0 Å². The Bertz CT molecular complexity index is 1050. The SMILES string of the molecule is O=C1C(=Cc2ccc(Cl)cc2Cl)C(c2ccccc2)=C1c1ccccc1. The summed E-state index contributed by atoms with van der Waals surface area (Å²) in [6, 6.07) is 25.0. The molecule has 0 bridgehead atoms. The predicted molar refractivity (Wildman–Crippen MR) is 109 cm³/mol. The van der Waals surface area contributed by atoms with E-state index in [-0.39, 0.29) is 5.78 Å². The van der Waals surface area contributed by atoms with E-state index < -0.39 is 0 Å². The molecule has 0 saturated heterocycles. The van der Waals surface area contributed by atoms with E-state index in [0.29, 0.717) is 15.6 Å². The zero-order valence-electron chi connectivity index (χ0n) is 13.7. The monoisotopic (exact) mass is 376 g/mol. The fraction of sp³-hybridized carbons (Fsp3) is 0. The van der Waals surface area contributed by atoms with Crippen LogP contribution >= 0.6 is 23.2 Å².